The van der Waals surface area contributed by atoms with E-state index in [9.17, 15) is 18.2 Å². The van der Waals surface area contributed by atoms with Gasteiger partial charge in [0.15, 0.2) is 0 Å². The maximum absolute atomic E-state index is 11.6. The number of halogens is 2. The van der Waals surface area contributed by atoms with Crippen molar-refractivity contribution in [1.82, 2.24) is 0 Å². The van der Waals surface area contributed by atoms with Crippen LogP contribution in [0.3, 0.4) is 0 Å². The summed E-state index contributed by atoms with van der Waals surface area (Å²) in [4.78, 5) is 9.64. The van der Waals surface area contributed by atoms with Gasteiger partial charge in [0.05, 0.1) is 0 Å². The van der Waals surface area contributed by atoms with Crippen molar-refractivity contribution in [2.75, 3.05) is 12.8 Å². The Balaban J connectivity index is 0. The Morgan fingerprint density at radius 1 is 1.67 bits per heavy atom. The van der Waals surface area contributed by atoms with E-state index >= 15 is 0 Å². The van der Waals surface area contributed by atoms with Gasteiger partial charge in [-0.15, -0.1) is 0 Å². The predicted octanol–water partition coefficient (Wildman–Crippen LogP) is -2.87. The van der Waals surface area contributed by atoms with Crippen LogP contribution in [-0.4, -0.2) is 19.0 Å². The van der Waals surface area contributed by atoms with E-state index in [0.29, 0.717) is 0 Å². The van der Waals surface area contributed by atoms with Crippen LogP contribution < -0.4 is 34.5 Å². The van der Waals surface area contributed by atoms with Crippen molar-refractivity contribution >= 4 is 8.03 Å². The van der Waals surface area contributed by atoms with Gasteiger partial charge < -0.3 is 9.46 Å². The molecule has 0 amide bonds. The molecule has 0 heterocycles. The summed E-state index contributed by atoms with van der Waals surface area (Å²) in [6.45, 7) is -1.21. The van der Waals surface area contributed by atoms with Gasteiger partial charge >= 0.3 is 29.6 Å². The van der Waals surface area contributed by atoms with Gasteiger partial charge in [0, 0.05) is 14.2 Å². The number of hydrogen-bond acceptors (Lipinski definition) is 2. The second-order valence-corrected chi connectivity index (χ2v) is 2.48. The summed E-state index contributed by atoms with van der Waals surface area (Å²) in [6.07, 6.45) is -2.49. The van der Waals surface area contributed by atoms with Crippen molar-refractivity contribution in [3.8, 4) is 0 Å². The fourth-order valence-corrected chi connectivity index (χ4v) is 0.706. The first-order valence-electron chi connectivity index (χ1n) is 2.06. The Labute approximate surface area is 74.8 Å². The Morgan fingerprint density at radius 2 is 2.11 bits per heavy atom. The predicted molar refractivity (Wildman–Crippen MR) is 24.7 cm³/mol. The molecule has 0 saturated carbocycles. The molecule has 0 spiro atoms. The van der Waals surface area contributed by atoms with Crippen molar-refractivity contribution in [2.24, 2.45) is 0 Å². The van der Waals surface area contributed by atoms with Gasteiger partial charge in [-0.2, -0.15) is 0 Å². The van der Waals surface area contributed by atoms with Gasteiger partial charge in [0.25, 0.3) is 0 Å². The molecule has 2 unspecified atom stereocenters. The van der Waals surface area contributed by atoms with Gasteiger partial charge in [-0.3, -0.25) is 0 Å². The van der Waals surface area contributed by atoms with Crippen LogP contribution in [0, 0.1) is 0 Å². The second kappa shape index (κ2) is 7.16. The van der Waals surface area contributed by atoms with Gasteiger partial charge in [-0.25, -0.2) is 8.78 Å². The fourth-order valence-electron chi connectivity index (χ4n) is 0.235. The summed E-state index contributed by atoms with van der Waals surface area (Å²) in [7, 11) is -3.06. The molecule has 0 aromatic heterocycles. The second-order valence-electron chi connectivity index (χ2n) is 1.33. The molecule has 0 bridgehead atoms. The molecule has 0 aromatic rings. The molecule has 0 fully saturated rings. The fraction of sp³-hybridized carbons (Fsp3) is 1.00. The molecular weight excluding hydrogens is 160 g/mol. The van der Waals surface area contributed by atoms with E-state index in [0.717, 1.165) is 0 Å². The molecule has 2 nitrogen and oxygen atoms in total. The molecule has 0 aliphatic carbocycles. The van der Waals surface area contributed by atoms with E-state index in [2.05, 4.69) is 0 Å². The van der Waals surface area contributed by atoms with Crippen molar-refractivity contribution in [3.05, 3.63) is 0 Å². The molecule has 0 aromatic carbocycles. The molecule has 0 aliphatic heterocycles. The average Bonchev–Trinajstić information content (AvgIpc) is 1.65. The Morgan fingerprint density at radius 3 is 2.22 bits per heavy atom. The van der Waals surface area contributed by atoms with Crippen molar-refractivity contribution in [3.63, 3.8) is 0 Å². The molecule has 0 aliphatic rings. The third-order valence-corrected chi connectivity index (χ3v) is 1.33. The number of rotatable bonds is 3. The molecule has 2 atom stereocenters. The normalized spacial score (nSPS) is 15.9. The van der Waals surface area contributed by atoms with Crippen molar-refractivity contribution < 1.29 is 47.8 Å². The minimum Gasteiger partial charge on any atom is -0.802 e. The van der Waals surface area contributed by atoms with Crippen LogP contribution in [0.15, 0.2) is 0 Å². The van der Waals surface area contributed by atoms with Crippen LogP contribution in [-0.2, 0) is 4.57 Å². The van der Waals surface area contributed by atoms with Crippen LogP contribution in [0.25, 0.3) is 0 Å². The van der Waals surface area contributed by atoms with E-state index in [1.165, 1.54) is 0 Å². The van der Waals surface area contributed by atoms with Crippen LogP contribution >= 0.6 is 8.03 Å². The minimum atomic E-state index is -3.06. The van der Waals surface area contributed by atoms with Crippen LogP contribution in [0.2, 0.25) is 0 Å². The smallest absolute Gasteiger partial charge is 0.802 e. The SMILES string of the molecule is O=[PH]([O-])CC(F)CF.[Na+]. The quantitative estimate of drug-likeness (QED) is 0.334. The van der Waals surface area contributed by atoms with Crippen molar-refractivity contribution in [2.45, 2.75) is 6.17 Å². The molecule has 6 heteroatoms. The first kappa shape index (κ1) is 12.7. The minimum absolute atomic E-state index is 0. The average molecular weight is 166 g/mol. The first-order chi connectivity index (χ1) is 3.66. The van der Waals surface area contributed by atoms with Crippen LogP contribution in [0.5, 0.6) is 0 Å². The van der Waals surface area contributed by atoms with E-state index in [4.69, 9.17) is 0 Å². The zero-order chi connectivity index (χ0) is 6.57. The summed E-state index contributed by atoms with van der Waals surface area (Å²) < 4.78 is 32.4. The number of hydrogen-bond donors (Lipinski definition) is 0. The Kier molecular flexibility index (Phi) is 10.1. The third kappa shape index (κ3) is 9.05. The molecule has 0 N–H and O–H groups in total. The van der Waals surface area contributed by atoms with Gasteiger partial charge in [0.2, 0.25) is 0 Å². The topological polar surface area (TPSA) is 40.1 Å². The molecule has 0 saturated heterocycles. The number of alkyl halides is 2. The summed E-state index contributed by atoms with van der Waals surface area (Å²) in [5.41, 5.74) is 0. The third-order valence-electron chi connectivity index (χ3n) is 0.556. The van der Waals surface area contributed by atoms with Gasteiger partial charge in [-0.05, 0) is 0 Å². The van der Waals surface area contributed by atoms with Crippen LogP contribution in [0.1, 0.15) is 0 Å². The van der Waals surface area contributed by atoms with E-state index in [-0.39, 0.29) is 29.6 Å². The standard InChI is InChI=1S/C3H7F2O2P.Na/c4-1-3(5)2-8(6)7;/h3,8H,1-2H2,(H,6,7);/q;+1/p-1. The maximum Gasteiger partial charge on any atom is 1.00 e. The van der Waals surface area contributed by atoms with Gasteiger partial charge in [-0.1, -0.05) is 0 Å². The molecule has 0 rings (SSSR count). The molecular formula is C3H6F2NaO2P. The zero-order valence-corrected chi connectivity index (χ0v) is 8.06. The van der Waals surface area contributed by atoms with Crippen molar-refractivity contribution in [1.29, 1.82) is 0 Å². The zero-order valence-electron chi connectivity index (χ0n) is 5.06. The Hall–Kier alpha value is 1.05. The first-order valence-corrected chi connectivity index (χ1v) is 3.59. The summed E-state index contributed by atoms with van der Waals surface area (Å²) in [6, 6.07) is 0. The monoisotopic (exact) mass is 166 g/mol. The van der Waals surface area contributed by atoms with E-state index < -0.39 is 27.0 Å². The largest absolute Gasteiger partial charge is 1.00 e. The molecule has 0 radical (unpaired) electrons. The van der Waals surface area contributed by atoms with E-state index in [1.54, 1.807) is 0 Å². The van der Waals surface area contributed by atoms with Gasteiger partial charge in [0.1, 0.15) is 12.8 Å². The summed E-state index contributed by atoms with van der Waals surface area (Å²) in [5, 5.41) is 0. The summed E-state index contributed by atoms with van der Waals surface area (Å²) in [5.74, 6) is 0. The van der Waals surface area contributed by atoms with E-state index in [1.807, 2.05) is 0 Å². The maximum atomic E-state index is 11.6. The Bertz CT molecular complexity index is 91.9. The summed E-state index contributed by atoms with van der Waals surface area (Å²) >= 11 is 0. The van der Waals surface area contributed by atoms with Crippen LogP contribution in [0.4, 0.5) is 8.78 Å². The molecule has 50 valence electrons. The molecule has 9 heavy (non-hydrogen) atoms.